The van der Waals surface area contributed by atoms with Gasteiger partial charge in [0.05, 0.1) is 18.9 Å². The number of nitrogens with one attached hydrogen (secondary N) is 2. The molecule has 0 saturated heterocycles. The molecule has 2 aliphatic rings. The molecule has 2 N–H and O–H groups in total. The van der Waals surface area contributed by atoms with Gasteiger partial charge < -0.3 is 20.1 Å². The molecule has 1 aromatic heterocycles. The van der Waals surface area contributed by atoms with Gasteiger partial charge >= 0.3 is 0 Å². The third-order valence-electron chi connectivity index (χ3n) is 6.18. The first-order valence-corrected chi connectivity index (χ1v) is 11.1. The summed E-state index contributed by atoms with van der Waals surface area (Å²) in [6.45, 7) is 1.74. The van der Waals surface area contributed by atoms with Gasteiger partial charge in [0.1, 0.15) is 6.04 Å². The van der Waals surface area contributed by atoms with Gasteiger partial charge in [0.15, 0.2) is 0 Å². The number of aromatic nitrogens is 2. The average molecular weight is 444 g/mol. The molecule has 1 saturated carbocycles. The summed E-state index contributed by atoms with van der Waals surface area (Å²) in [5.74, 6) is -0.719. The van der Waals surface area contributed by atoms with Gasteiger partial charge in [-0.15, -0.1) is 0 Å². The van der Waals surface area contributed by atoms with Crippen LogP contribution in [0.5, 0.6) is 0 Å². The summed E-state index contributed by atoms with van der Waals surface area (Å²) in [4.78, 5) is 44.0. The Bertz CT molecular complexity index is 1190. The lowest BCUT2D eigenvalue weighted by molar-refractivity contribution is -0.129. The molecule has 1 fully saturated rings. The fourth-order valence-corrected chi connectivity index (χ4v) is 4.32. The second-order valence-electron chi connectivity index (χ2n) is 8.50. The van der Waals surface area contributed by atoms with E-state index in [0.717, 1.165) is 24.1 Å². The molecule has 0 spiro atoms. The molecule has 1 aliphatic carbocycles. The van der Waals surface area contributed by atoms with E-state index in [-0.39, 0.29) is 36.3 Å². The highest BCUT2D eigenvalue weighted by Gasteiger charge is 2.47. The summed E-state index contributed by atoms with van der Waals surface area (Å²) in [5, 5.41) is 5.65. The van der Waals surface area contributed by atoms with Crippen molar-refractivity contribution in [1.82, 2.24) is 25.1 Å². The van der Waals surface area contributed by atoms with Gasteiger partial charge in [-0.3, -0.25) is 14.4 Å². The maximum Gasteiger partial charge on any atom is 0.255 e. The highest BCUT2D eigenvalue weighted by atomic mass is 16.2. The van der Waals surface area contributed by atoms with Crippen molar-refractivity contribution in [2.45, 2.75) is 37.9 Å². The molecule has 2 heterocycles. The van der Waals surface area contributed by atoms with Crippen molar-refractivity contribution in [3.63, 3.8) is 0 Å². The number of benzene rings is 2. The standard InChI is InChI=1S/C25H25N5O3/c1-16(17-6-8-18(9-7-17)29-13-12-26-15-29)28-22(31)14-27-24(32)23-20-4-2-3-5-21(20)25(33)30(23)19-10-11-19/h2-9,12-13,15-16,19,23H,10-11,14H2,1H3,(H,27,32)(H,28,31). The van der Waals surface area contributed by atoms with Crippen molar-refractivity contribution < 1.29 is 14.4 Å². The topological polar surface area (TPSA) is 96.3 Å². The van der Waals surface area contributed by atoms with Crippen LogP contribution in [0.2, 0.25) is 0 Å². The summed E-state index contributed by atoms with van der Waals surface area (Å²) in [5.41, 5.74) is 3.21. The minimum absolute atomic E-state index is 0.0970. The number of carbonyl (C=O) groups is 3. The van der Waals surface area contributed by atoms with Crippen molar-refractivity contribution in [3.8, 4) is 5.69 Å². The normalized spacial score (nSPS) is 18.0. The Hall–Kier alpha value is -3.94. The number of carbonyl (C=O) groups excluding carboxylic acids is 3. The Labute approximate surface area is 191 Å². The number of hydrogen-bond acceptors (Lipinski definition) is 4. The second-order valence-corrected chi connectivity index (χ2v) is 8.50. The molecular weight excluding hydrogens is 418 g/mol. The Morgan fingerprint density at radius 1 is 1.12 bits per heavy atom. The summed E-state index contributed by atoms with van der Waals surface area (Å²) >= 11 is 0. The van der Waals surface area contributed by atoms with E-state index >= 15 is 0 Å². The highest BCUT2D eigenvalue weighted by molar-refractivity contribution is 6.05. The summed E-state index contributed by atoms with van der Waals surface area (Å²) < 4.78 is 1.90. The van der Waals surface area contributed by atoms with E-state index in [1.165, 1.54) is 0 Å². The van der Waals surface area contributed by atoms with Gasteiger partial charge in [-0.05, 0) is 49.1 Å². The summed E-state index contributed by atoms with van der Waals surface area (Å²) in [7, 11) is 0. The van der Waals surface area contributed by atoms with Crippen LogP contribution >= 0.6 is 0 Å². The Balaban J connectivity index is 1.19. The quantitative estimate of drug-likeness (QED) is 0.587. The number of nitrogens with zero attached hydrogens (tertiary/aromatic N) is 3. The molecule has 168 valence electrons. The van der Waals surface area contributed by atoms with Crippen LogP contribution in [0.4, 0.5) is 0 Å². The van der Waals surface area contributed by atoms with E-state index in [1.54, 1.807) is 29.6 Å². The molecule has 3 amide bonds. The molecule has 1 aliphatic heterocycles. The van der Waals surface area contributed by atoms with Crippen LogP contribution < -0.4 is 10.6 Å². The lowest BCUT2D eigenvalue weighted by Gasteiger charge is -2.24. The Morgan fingerprint density at radius 3 is 2.58 bits per heavy atom. The minimum atomic E-state index is -0.679. The van der Waals surface area contributed by atoms with Crippen molar-refractivity contribution in [2.75, 3.05) is 6.54 Å². The second kappa shape index (κ2) is 8.54. The molecule has 5 rings (SSSR count). The molecule has 8 nitrogen and oxygen atoms in total. The van der Waals surface area contributed by atoms with E-state index in [2.05, 4.69) is 15.6 Å². The fraction of sp³-hybridized carbons (Fsp3) is 0.280. The third kappa shape index (κ3) is 4.11. The first kappa shape index (κ1) is 20.9. The van der Waals surface area contributed by atoms with Crippen molar-refractivity contribution >= 4 is 17.7 Å². The van der Waals surface area contributed by atoms with Crippen LogP contribution in [0.25, 0.3) is 5.69 Å². The molecule has 3 aromatic rings. The monoisotopic (exact) mass is 443 g/mol. The Morgan fingerprint density at radius 2 is 1.88 bits per heavy atom. The lowest BCUT2D eigenvalue weighted by Crippen LogP contribution is -2.44. The van der Waals surface area contributed by atoms with Crippen LogP contribution in [-0.4, -0.2) is 44.8 Å². The minimum Gasteiger partial charge on any atom is -0.348 e. The lowest BCUT2D eigenvalue weighted by atomic mass is 10.0. The maximum absolute atomic E-state index is 13.0. The number of amides is 3. The zero-order valence-electron chi connectivity index (χ0n) is 18.3. The Kier molecular flexibility index (Phi) is 5.42. The van der Waals surface area contributed by atoms with Crippen molar-refractivity contribution in [2.24, 2.45) is 0 Å². The van der Waals surface area contributed by atoms with Crippen LogP contribution in [0.15, 0.2) is 67.3 Å². The third-order valence-corrected chi connectivity index (χ3v) is 6.18. The summed E-state index contributed by atoms with van der Waals surface area (Å²) in [6.07, 6.45) is 7.12. The molecule has 8 heteroatoms. The molecular formula is C25H25N5O3. The molecule has 0 bridgehead atoms. The predicted octanol–water partition coefficient (Wildman–Crippen LogP) is 2.53. The van der Waals surface area contributed by atoms with Gasteiger partial charge in [0.2, 0.25) is 11.8 Å². The van der Waals surface area contributed by atoms with E-state index in [9.17, 15) is 14.4 Å². The van der Waals surface area contributed by atoms with Crippen LogP contribution in [0.3, 0.4) is 0 Å². The van der Waals surface area contributed by atoms with Crippen molar-refractivity contribution in [1.29, 1.82) is 0 Å². The smallest absolute Gasteiger partial charge is 0.255 e. The van der Waals surface area contributed by atoms with Crippen LogP contribution in [0, 0.1) is 0 Å². The number of rotatable bonds is 7. The van der Waals surface area contributed by atoms with E-state index < -0.39 is 6.04 Å². The van der Waals surface area contributed by atoms with E-state index in [4.69, 9.17) is 0 Å². The predicted molar refractivity (Wildman–Crippen MR) is 122 cm³/mol. The van der Waals surface area contributed by atoms with Crippen LogP contribution in [-0.2, 0) is 9.59 Å². The fourth-order valence-electron chi connectivity index (χ4n) is 4.32. The summed E-state index contributed by atoms with van der Waals surface area (Å²) in [6, 6.07) is 14.2. The molecule has 2 aromatic carbocycles. The highest BCUT2D eigenvalue weighted by Crippen LogP contribution is 2.41. The number of imidazole rings is 1. The average Bonchev–Trinajstić information content (AvgIpc) is 3.42. The number of hydrogen-bond donors (Lipinski definition) is 2. The van der Waals surface area contributed by atoms with E-state index in [1.807, 2.05) is 54.1 Å². The zero-order chi connectivity index (χ0) is 22.9. The van der Waals surface area contributed by atoms with Crippen LogP contribution in [0.1, 0.15) is 53.3 Å². The molecule has 2 atom stereocenters. The van der Waals surface area contributed by atoms with Crippen molar-refractivity contribution in [3.05, 3.63) is 83.9 Å². The van der Waals surface area contributed by atoms with Gasteiger partial charge in [0, 0.05) is 29.7 Å². The zero-order valence-corrected chi connectivity index (χ0v) is 18.3. The van der Waals surface area contributed by atoms with Gasteiger partial charge in [0.25, 0.3) is 5.91 Å². The van der Waals surface area contributed by atoms with Gasteiger partial charge in [-0.1, -0.05) is 30.3 Å². The van der Waals surface area contributed by atoms with Gasteiger partial charge in [-0.2, -0.15) is 0 Å². The molecule has 33 heavy (non-hydrogen) atoms. The van der Waals surface area contributed by atoms with Gasteiger partial charge in [-0.25, -0.2) is 4.98 Å². The first-order chi connectivity index (χ1) is 16.0. The first-order valence-electron chi connectivity index (χ1n) is 11.1. The SMILES string of the molecule is CC(NC(=O)CNC(=O)C1c2ccccc2C(=O)N1C1CC1)c1ccc(-n2ccnc2)cc1. The number of fused-ring (bicyclic) bond motifs is 1. The largest absolute Gasteiger partial charge is 0.348 e. The van der Waals surface area contributed by atoms with E-state index in [0.29, 0.717) is 11.1 Å². The maximum atomic E-state index is 13.0. The molecule has 2 unspecified atom stereocenters. The molecule has 0 radical (unpaired) electrons.